The van der Waals surface area contributed by atoms with Crippen LogP contribution in [0.4, 0.5) is 0 Å². The number of phenols is 1. The van der Waals surface area contributed by atoms with E-state index in [0.29, 0.717) is 21.9 Å². The maximum absolute atomic E-state index is 11.3. The van der Waals surface area contributed by atoms with Crippen molar-refractivity contribution in [1.82, 2.24) is 0 Å². The molecular formula is C13H17ClO2S. The third-order valence-electron chi connectivity index (χ3n) is 2.19. The van der Waals surface area contributed by atoms with Crippen molar-refractivity contribution in [3.05, 3.63) is 28.3 Å². The van der Waals surface area contributed by atoms with E-state index in [9.17, 15) is 9.90 Å². The lowest BCUT2D eigenvalue weighted by Crippen LogP contribution is -2.08. The smallest absolute Gasteiger partial charge is 0.163 e. The molecule has 17 heavy (non-hydrogen) atoms. The van der Waals surface area contributed by atoms with Crippen molar-refractivity contribution in [1.29, 1.82) is 0 Å². The molecule has 0 fully saturated rings. The quantitative estimate of drug-likeness (QED) is 0.835. The van der Waals surface area contributed by atoms with Gasteiger partial charge in [0.25, 0.3) is 0 Å². The van der Waals surface area contributed by atoms with Crippen LogP contribution in [0.1, 0.15) is 43.6 Å². The standard InChI is InChI=1S/C13H17ClO2S/c1-8(15)11-6-10(14)5-9(12(11)16)7-17-13(2,3)4/h5-6,16H,7H2,1-4H3. The van der Waals surface area contributed by atoms with E-state index in [1.165, 1.54) is 13.0 Å². The number of phenolic OH excluding ortho intramolecular Hbond substituents is 1. The maximum atomic E-state index is 11.3. The Morgan fingerprint density at radius 3 is 2.47 bits per heavy atom. The van der Waals surface area contributed by atoms with Crippen LogP contribution >= 0.6 is 23.4 Å². The van der Waals surface area contributed by atoms with Gasteiger partial charge in [-0.1, -0.05) is 32.4 Å². The highest BCUT2D eigenvalue weighted by Gasteiger charge is 2.16. The zero-order valence-corrected chi connectivity index (χ0v) is 12.1. The van der Waals surface area contributed by atoms with E-state index < -0.39 is 0 Å². The number of hydrogen-bond donors (Lipinski definition) is 1. The van der Waals surface area contributed by atoms with Gasteiger partial charge in [-0.25, -0.2) is 0 Å². The molecule has 0 aliphatic carbocycles. The summed E-state index contributed by atoms with van der Waals surface area (Å²) in [5.74, 6) is 0.515. The third kappa shape index (κ3) is 4.25. The summed E-state index contributed by atoms with van der Waals surface area (Å²) in [4.78, 5) is 11.3. The molecule has 0 saturated carbocycles. The van der Waals surface area contributed by atoms with E-state index in [1.54, 1.807) is 17.8 Å². The average Bonchev–Trinajstić information content (AvgIpc) is 2.17. The van der Waals surface area contributed by atoms with Crippen LogP contribution in [0.25, 0.3) is 0 Å². The summed E-state index contributed by atoms with van der Waals surface area (Å²) in [7, 11) is 0. The van der Waals surface area contributed by atoms with E-state index in [4.69, 9.17) is 11.6 Å². The molecule has 0 atom stereocenters. The van der Waals surface area contributed by atoms with Crippen LogP contribution in [0.2, 0.25) is 5.02 Å². The Labute approximate surface area is 111 Å². The molecule has 0 heterocycles. The van der Waals surface area contributed by atoms with E-state index in [-0.39, 0.29) is 16.3 Å². The summed E-state index contributed by atoms with van der Waals surface area (Å²) in [6, 6.07) is 3.21. The van der Waals surface area contributed by atoms with Crippen molar-refractivity contribution in [2.75, 3.05) is 0 Å². The fraction of sp³-hybridized carbons (Fsp3) is 0.462. The van der Waals surface area contributed by atoms with Gasteiger partial charge in [-0.2, -0.15) is 11.8 Å². The van der Waals surface area contributed by atoms with Gasteiger partial charge in [-0.15, -0.1) is 0 Å². The number of carbonyl (C=O) groups is 1. The Morgan fingerprint density at radius 2 is 2.00 bits per heavy atom. The zero-order chi connectivity index (χ0) is 13.2. The topological polar surface area (TPSA) is 37.3 Å². The summed E-state index contributed by atoms with van der Waals surface area (Å²) in [6.07, 6.45) is 0. The van der Waals surface area contributed by atoms with Gasteiger partial charge in [-0.05, 0) is 19.1 Å². The van der Waals surface area contributed by atoms with Crippen LogP contribution in [0.15, 0.2) is 12.1 Å². The van der Waals surface area contributed by atoms with Gasteiger partial charge in [0, 0.05) is 21.1 Å². The fourth-order valence-corrected chi connectivity index (χ4v) is 2.38. The van der Waals surface area contributed by atoms with Crippen LogP contribution in [0.5, 0.6) is 5.75 Å². The van der Waals surface area contributed by atoms with Gasteiger partial charge < -0.3 is 5.11 Å². The SMILES string of the molecule is CC(=O)c1cc(Cl)cc(CSC(C)(C)C)c1O. The van der Waals surface area contributed by atoms with Crippen molar-refractivity contribution in [2.45, 2.75) is 38.2 Å². The third-order valence-corrected chi connectivity index (χ3v) is 3.73. The highest BCUT2D eigenvalue weighted by Crippen LogP contribution is 2.34. The second kappa shape index (κ2) is 5.32. The molecular weight excluding hydrogens is 256 g/mol. The average molecular weight is 273 g/mol. The molecule has 0 bridgehead atoms. The van der Waals surface area contributed by atoms with Gasteiger partial charge >= 0.3 is 0 Å². The molecule has 1 aromatic carbocycles. The summed E-state index contributed by atoms with van der Waals surface area (Å²) >= 11 is 7.64. The predicted octanol–water partition coefficient (Wildman–Crippen LogP) is 4.28. The lowest BCUT2D eigenvalue weighted by Gasteiger charge is -2.18. The summed E-state index contributed by atoms with van der Waals surface area (Å²) in [5.41, 5.74) is 1.00. The fourth-order valence-electron chi connectivity index (χ4n) is 1.33. The Bertz CT molecular complexity index is 436. The van der Waals surface area contributed by atoms with Crippen molar-refractivity contribution in [3.63, 3.8) is 0 Å². The molecule has 0 spiro atoms. The first-order valence-electron chi connectivity index (χ1n) is 5.37. The van der Waals surface area contributed by atoms with Crippen molar-refractivity contribution in [3.8, 4) is 5.75 Å². The Hall–Kier alpha value is -0.670. The minimum absolute atomic E-state index is 0.0543. The van der Waals surface area contributed by atoms with Crippen molar-refractivity contribution >= 4 is 29.1 Å². The molecule has 0 saturated heterocycles. The minimum atomic E-state index is -0.174. The number of aromatic hydroxyl groups is 1. The number of carbonyl (C=O) groups excluding carboxylic acids is 1. The number of halogens is 1. The predicted molar refractivity (Wildman–Crippen MR) is 74.2 cm³/mol. The number of hydrogen-bond acceptors (Lipinski definition) is 3. The van der Waals surface area contributed by atoms with Crippen LogP contribution in [0.3, 0.4) is 0 Å². The van der Waals surface area contributed by atoms with Crippen molar-refractivity contribution < 1.29 is 9.90 Å². The van der Waals surface area contributed by atoms with Gasteiger partial charge in [-0.3, -0.25) is 4.79 Å². The van der Waals surface area contributed by atoms with Crippen molar-refractivity contribution in [2.24, 2.45) is 0 Å². The molecule has 0 radical (unpaired) electrons. The van der Waals surface area contributed by atoms with E-state index in [2.05, 4.69) is 20.8 Å². The molecule has 4 heteroatoms. The largest absolute Gasteiger partial charge is 0.507 e. The Kier molecular flexibility index (Phi) is 4.50. The van der Waals surface area contributed by atoms with E-state index in [0.717, 1.165) is 0 Å². The molecule has 0 aliphatic heterocycles. The van der Waals surface area contributed by atoms with Gasteiger partial charge in [0.15, 0.2) is 5.78 Å². The van der Waals surface area contributed by atoms with Crippen LogP contribution in [-0.2, 0) is 5.75 Å². The first-order chi connectivity index (χ1) is 7.70. The van der Waals surface area contributed by atoms with Crippen LogP contribution in [-0.4, -0.2) is 15.6 Å². The molecule has 2 nitrogen and oxygen atoms in total. The number of Topliss-reactive ketones (excluding diaryl/α,β-unsaturated/α-hetero) is 1. The number of rotatable bonds is 3. The molecule has 0 unspecified atom stereocenters. The molecule has 0 aromatic heterocycles. The minimum Gasteiger partial charge on any atom is -0.507 e. The highest BCUT2D eigenvalue weighted by atomic mass is 35.5. The molecule has 0 amide bonds. The lowest BCUT2D eigenvalue weighted by molar-refractivity contribution is 0.101. The van der Waals surface area contributed by atoms with Gasteiger partial charge in [0.1, 0.15) is 5.75 Å². The normalized spacial score (nSPS) is 11.6. The molecule has 1 rings (SSSR count). The maximum Gasteiger partial charge on any atom is 0.163 e. The van der Waals surface area contributed by atoms with Crippen LogP contribution < -0.4 is 0 Å². The summed E-state index contributed by atoms with van der Waals surface area (Å²) in [5, 5.41) is 10.5. The molecule has 1 aromatic rings. The molecule has 94 valence electrons. The number of benzene rings is 1. The summed E-state index contributed by atoms with van der Waals surface area (Å²) < 4.78 is 0.102. The summed E-state index contributed by atoms with van der Waals surface area (Å²) in [6.45, 7) is 7.73. The highest BCUT2D eigenvalue weighted by molar-refractivity contribution is 7.99. The molecule has 1 N–H and O–H groups in total. The second-order valence-electron chi connectivity index (χ2n) is 4.92. The van der Waals surface area contributed by atoms with E-state index in [1.807, 2.05) is 0 Å². The Morgan fingerprint density at radius 1 is 1.41 bits per heavy atom. The van der Waals surface area contributed by atoms with E-state index >= 15 is 0 Å². The zero-order valence-electron chi connectivity index (χ0n) is 10.5. The Balaban J connectivity index is 3.04. The van der Waals surface area contributed by atoms with Gasteiger partial charge in [0.05, 0.1) is 5.56 Å². The van der Waals surface area contributed by atoms with Gasteiger partial charge in [0.2, 0.25) is 0 Å². The molecule has 0 aliphatic rings. The first-order valence-corrected chi connectivity index (χ1v) is 6.73. The first kappa shape index (κ1) is 14.4. The second-order valence-corrected chi connectivity index (χ2v) is 7.16. The van der Waals surface area contributed by atoms with Crippen LogP contribution in [0, 0.1) is 0 Å². The monoisotopic (exact) mass is 272 g/mol. The number of thioether (sulfide) groups is 1. The lowest BCUT2D eigenvalue weighted by atomic mass is 10.1. The number of ketones is 1.